The number of nitrogens with one attached hydrogen (secondary N) is 1. The van der Waals surface area contributed by atoms with Crippen LogP contribution in [-0.4, -0.2) is 28.8 Å². The van der Waals surface area contributed by atoms with Crippen LogP contribution in [-0.2, 0) is 16.6 Å². The highest BCUT2D eigenvalue weighted by Crippen LogP contribution is 2.26. The first-order valence-electron chi connectivity index (χ1n) is 5.71. The minimum atomic E-state index is -3.48. The molecule has 0 radical (unpaired) electrons. The Morgan fingerprint density at radius 2 is 2.35 bits per heavy atom. The van der Waals surface area contributed by atoms with Gasteiger partial charge in [0.2, 0.25) is 0 Å². The molecule has 0 spiro atoms. The summed E-state index contributed by atoms with van der Waals surface area (Å²) in [5.74, 6) is 0. The average Bonchev–Trinajstić information content (AvgIpc) is 2.88. The maximum absolute atomic E-state index is 12.1. The molecule has 0 saturated heterocycles. The van der Waals surface area contributed by atoms with Gasteiger partial charge in [-0.2, -0.15) is 0 Å². The molecule has 0 aliphatic heterocycles. The molecule has 1 fully saturated rings. The van der Waals surface area contributed by atoms with Crippen molar-refractivity contribution < 1.29 is 8.42 Å². The molecule has 0 aromatic carbocycles. The number of aryl methyl sites for hydroxylation is 1. The first kappa shape index (κ1) is 13.0. The van der Waals surface area contributed by atoms with E-state index in [0.29, 0.717) is 6.54 Å². The molecule has 2 atom stereocenters. The second kappa shape index (κ2) is 5.07. The van der Waals surface area contributed by atoms with Gasteiger partial charge in [0.15, 0.2) is 5.03 Å². The molecule has 1 heterocycles. The summed E-state index contributed by atoms with van der Waals surface area (Å²) in [6.07, 6.45) is 6.03. The SMILES string of the molecule is CCn1cnc(S(=O)(=O)NC2CCCC2Br)c1. The number of hydrogen-bond donors (Lipinski definition) is 1. The van der Waals surface area contributed by atoms with Gasteiger partial charge in [-0.25, -0.2) is 18.1 Å². The molecule has 1 saturated carbocycles. The van der Waals surface area contributed by atoms with Crippen LogP contribution < -0.4 is 4.72 Å². The lowest BCUT2D eigenvalue weighted by Crippen LogP contribution is -2.37. The standard InChI is InChI=1S/C10H16BrN3O2S/c1-2-14-6-10(12-7-14)17(15,16)13-9-5-3-4-8(9)11/h6-9,13H,2-5H2,1H3. The molecule has 17 heavy (non-hydrogen) atoms. The number of imidazole rings is 1. The molecule has 1 aliphatic carbocycles. The molecule has 0 amide bonds. The van der Waals surface area contributed by atoms with Crippen LogP contribution in [0.15, 0.2) is 17.6 Å². The molecular weight excluding hydrogens is 306 g/mol. The summed E-state index contributed by atoms with van der Waals surface area (Å²) in [5, 5.41) is 0.103. The van der Waals surface area contributed by atoms with E-state index in [4.69, 9.17) is 0 Å². The van der Waals surface area contributed by atoms with Gasteiger partial charge in [-0.15, -0.1) is 0 Å². The van der Waals surface area contributed by atoms with Crippen molar-refractivity contribution in [2.75, 3.05) is 0 Å². The smallest absolute Gasteiger partial charge is 0.259 e. The lowest BCUT2D eigenvalue weighted by atomic mass is 10.3. The molecule has 1 aliphatic rings. The minimum absolute atomic E-state index is 0.0215. The lowest BCUT2D eigenvalue weighted by molar-refractivity contribution is 0.553. The van der Waals surface area contributed by atoms with Crippen molar-refractivity contribution >= 4 is 26.0 Å². The van der Waals surface area contributed by atoms with E-state index in [0.717, 1.165) is 19.3 Å². The second-order valence-corrected chi connectivity index (χ2v) is 7.05. The Morgan fingerprint density at radius 3 is 2.88 bits per heavy atom. The minimum Gasteiger partial charge on any atom is -0.336 e. The van der Waals surface area contributed by atoms with Gasteiger partial charge in [0.25, 0.3) is 10.0 Å². The zero-order valence-corrected chi connectivity index (χ0v) is 12.0. The Morgan fingerprint density at radius 1 is 1.59 bits per heavy atom. The zero-order chi connectivity index (χ0) is 12.5. The lowest BCUT2D eigenvalue weighted by Gasteiger charge is -2.14. The number of rotatable bonds is 4. The van der Waals surface area contributed by atoms with Gasteiger partial charge in [-0.05, 0) is 19.8 Å². The maximum Gasteiger partial charge on any atom is 0.259 e. The van der Waals surface area contributed by atoms with E-state index in [1.54, 1.807) is 10.8 Å². The Balaban J connectivity index is 2.13. The number of aromatic nitrogens is 2. The number of alkyl halides is 1. The van der Waals surface area contributed by atoms with Gasteiger partial charge in [-0.1, -0.05) is 22.4 Å². The van der Waals surface area contributed by atoms with E-state index in [9.17, 15) is 8.42 Å². The molecular formula is C10H16BrN3O2S. The molecule has 1 N–H and O–H groups in total. The van der Waals surface area contributed by atoms with E-state index in [1.807, 2.05) is 6.92 Å². The van der Waals surface area contributed by atoms with Crippen molar-refractivity contribution in [2.45, 2.75) is 48.6 Å². The van der Waals surface area contributed by atoms with Crippen LogP contribution in [0.1, 0.15) is 26.2 Å². The highest BCUT2D eigenvalue weighted by Gasteiger charge is 2.30. The van der Waals surface area contributed by atoms with Gasteiger partial charge in [-0.3, -0.25) is 0 Å². The van der Waals surface area contributed by atoms with Crippen molar-refractivity contribution in [1.82, 2.24) is 14.3 Å². The molecule has 2 unspecified atom stereocenters. The van der Waals surface area contributed by atoms with Gasteiger partial charge in [0.05, 0.1) is 6.33 Å². The third-order valence-corrected chi connectivity index (χ3v) is 5.46. The van der Waals surface area contributed by atoms with Crippen molar-refractivity contribution in [3.8, 4) is 0 Å². The summed E-state index contributed by atoms with van der Waals surface area (Å²) in [6, 6.07) is -0.0215. The molecule has 1 aromatic heterocycles. The average molecular weight is 322 g/mol. The van der Waals surface area contributed by atoms with Gasteiger partial charge >= 0.3 is 0 Å². The van der Waals surface area contributed by atoms with Gasteiger partial charge < -0.3 is 4.57 Å². The highest BCUT2D eigenvalue weighted by molar-refractivity contribution is 9.09. The molecule has 2 rings (SSSR count). The summed E-state index contributed by atoms with van der Waals surface area (Å²) < 4.78 is 28.6. The first-order valence-corrected chi connectivity index (χ1v) is 8.11. The summed E-state index contributed by atoms with van der Waals surface area (Å²) in [6.45, 7) is 2.66. The Bertz CT molecular complexity index is 485. The Labute approximate surface area is 110 Å². The quantitative estimate of drug-likeness (QED) is 0.855. The third kappa shape index (κ3) is 2.89. The molecule has 5 nitrogen and oxygen atoms in total. The van der Waals surface area contributed by atoms with Gasteiger partial charge in [0.1, 0.15) is 0 Å². The molecule has 7 heteroatoms. The fourth-order valence-corrected chi connectivity index (χ4v) is 4.12. The molecule has 1 aromatic rings. The number of halogens is 1. The Kier molecular flexibility index (Phi) is 3.89. The fraction of sp³-hybridized carbons (Fsp3) is 0.700. The summed E-state index contributed by atoms with van der Waals surface area (Å²) in [7, 11) is -3.48. The molecule has 96 valence electrons. The van der Waals surface area contributed by atoms with E-state index in [-0.39, 0.29) is 15.9 Å². The highest BCUT2D eigenvalue weighted by atomic mass is 79.9. The first-order chi connectivity index (χ1) is 8.03. The van der Waals surface area contributed by atoms with Crippen molar-refractivity contribution in [2.24, 2.45) is 0 Å². The van der Waals surface area contributed by atoms with Crippen molar-refractivity contribution in [1.29, 1.82) is 0 Å². The predicted molar refractivity (Wildman–Crippen MR) is 68.6 cm³/mol. The van der Waals surface area contributed by atoms with Gasteiger partial charge in [0, 0.05) is 23.6 Å². The predicted octanol–water partition coefficient (Wildman–Crippen LogP) is 1.50. The largest absolute Gasteiger partial charge is 0.336 e. The summed E-state index contributed by atoms with van der Waals surface area (Å²) >= 11 is 3.50. The van der Waals surface area contributed by atoms with Crippen molar-refractivity contribution in [3.05, 3.63) is 12.5 Å². The van der Waals surface area contributed by atoms with Crippen LogP contribution in [0.25, 0.3) is 0 Å². The van der Waals surface area contributed by atoms with Crippen LogP contribution >= 0.6 is 15.9 Å². The van der Waals surface area contributed by atoms with Crippen LogP contribution in [0.4, 0.5) is 0 Å². The Hall–Kier alpha value is -0.400. The van der Waals surface area contributed by atoms with E-state index in [2.05, 4.69) is 25.6 Å². The second-order valence-electron chi connectivity index (χ2n) is 4.22. The van der Waals surface area contributed by atoms with E-state index < -0.39 is 10.0 Å². The number of sulfonamides is 1. The molecule has 0 bridgehead atoms. The van der Waals surface area contributed by atoms with Crippen LogP contribution in [0.3, 0.4) is 0 Å². The van der Waals surface area contributed by atoms with Crippen LogP contribution in [0.5, 0.6) is 0 Å². The summed E-state index contributed by atoms with van der Waals surface area (Å²) in [5.41, 5.74) is 0. The summed E-state index contributed by atoms with van der Waals surface area (Å²) in [4.78, 5) is 4.15. The zero-order valence-electron chi connectivity index (χ0n) is 9.63. The van der Waals surface area contributed by atoms with Crippen LogP contribution in [0, 0.1) is 0 Å². The van der Waals surface area contributed by atoms with Crippen LogP contribution in [0.2, 0.25) is 0 Å². The normalized spacial score (nSPS) is 25.3. The number of nitrogens with zero attached hydrogens (tertiary/aromatic N) is 2. The number of hydrogen-bond acceptors (Lipinski definition) is 3. The van der Waals surface area contributed by atoms with E-state index >= 15 is 0 Å². The maximum atomic E-state index is 12.1. The topological polar surface area (TPSA) is 64.0 Å². The fourth-order valence-electron chi connectivity index (χ4n) is 1.96. The monoisotopic (exact) mass is 321 g/mol. The van der Waals surface area contributed by atoms with E-state index in [1.165, 1.54) is 6.33 Å². The van der Waals surface area contributed by atoms with Crippen molar-refractivity contribution in [3.63, 3.8) is 0 Å². The third-order valence-electron chi connectivity index (χ3n) is 2.99.